The molecule has 0 fully saturated rings. The van der Waals surface area contributed by atoms with Gasteiger partial charge in [-0.05, 0) is 42.0 Å². The van der Waals surface area contributed by atoms with Gasteiger partial charge in [0.05, 0.1) is 19.1 Å². The number of ether oxygens (including phenoxy) is 2. The van der Waals surface area contributed by atoms with Crippen molar-refractivity contribution in [2.24, 2.45) is 0 Å². The van der Waals surface area contributed by atoms with E-state index in [4.69, 9.17) is 9.47 Å². The van der Waals surface area contributed by atoms with E-state index >= 15 is 0 Å². The Kier molecular flexibility index (Phi) is 6.59. The highest BCUT2D eigenvalue weighted by molar-refractivity contribution is 7.89. The standard InChI is InChI=1S/C19H22N2O5S/c1-21(2)27(23,24)18-7-5-6-15(12-18)20-19(22)9-8-14-10-16(25-3)13-17(11-14)26-4/h5-13H,1-4H3,(H,20,22)/b9-8+. The summed E-state index contributed by atoms with van der Waals surface area (Å²) in [6, 6.07) is 11.3. The number of hydrogen-bond acceptors (Lipinski definition) is 5. The number of methoxy groups -OCH3 is 2. The first-order chi connectivity index (χ1) is 12.8. The summed E-state index contributed by atoms with van der Waals surface area (Å²) in [5.41, 5.74) is 1.11. The molecule has 0 radical (unpaired) electrons. The maximum atomic E-state index is 12.2. The van der Waals surface area contributed by atoms with E-state index in [0.717, 1.165) is 9.87 Å². The highest BCUT2D eigenvalue weighted by Gasteiger charge is 2.17. The fraction of sp³-hybridized carbons (Fsp3) is 0.211. The van der Waals surface area contributed by atoms with Crippen LogP contribution in [0.4, 0.5) is 5.69 Å². The second-order valence-corrected chi connectivity index (χ2v) is 7.94. The minimum atomic E-state index is -3.57. The minimum Gasteiger partial charge on any atom is -0.497 e. The van der Waals surface area contributed by atoms with Crippen molar-refractivity contribution in [1.29, 1.82) is 0 Å². The Labute approximate surface area is 159 Å². The van der Waals surface area contributed by atoms with Crippen molar-refractivity contribution < 1.29 is 22.7 Å². The molecule has 7 nitrogen and oxygen atoms in total. The summed E-state index contributed by atoms with van der Waals surface area (Å²) in [7, 11) is 2.42. The highest BCUT2D eigenvalue weighted by Crippen LogP contribution is 2.23. The summed E-state index contributed by atoms with van der Waals surface area (Å²) in [4.78, 5) is 12.3. The van der Waals surface area contributed by atoms with Gasteiger partial charge in [-0.15, -0.1) is 0 Å². The second kappa shape index (κ2) is 8.70. The third kappa shape index (κ3) is 5.32. The van der Waals surface area contributed by atoms with Crippen LogP contribution < -0.4 is 14.8 Å². The van der Waals surface area contributed by atoms with Crippen LogP contribution in [0.25, 0.3) is 6.08 Å². The van der Waals surface area contributed by atoms with Gasteiger partial charge in [-0.3, -0.25) is 4.79 Å². The summed E-state index contributed by atoms with van der Waals surface area (Å²) in [5.74, 6) is 0.822. The van der Waals surface area contributed by atoms with Gasteiger partial charge in [-0.25, -0.2) is 12.7 Å². The molecule has 0 saturated carbocycles. The van der Waals surface area contributed by atoms with Gasteiger partial charge in [-0.2, -0.15) is 0 Å². The first-order valence-electron chi connectivity index (χ1n) is 8.01. The molecule has 0 unspecified atom stereocenters. The smallest absolute Gasteiger partial charge is 0.248 e. The SMILES string of the molecule is COc1cc(/C=C/C(=O)Nc2cccc(S(=O)(=O)N(C)C)c2)cc(OC)c1. The van der Waals surface area contributed by atoms with Gasteiger partial charge in [0.1, 0.15) is 11.5 Å². The number of amides is 1. The van der Waals surface area contributed by atoms with Crippen molar-refractivity contribution in [2.45, 2.75) is 4.90 Å². The number of hydrogen-bond donors (Lipinski definition) is 1. The van der Waals surface area contributed by atoms with Gasteiger partial charge in [-0.1, -0.05) is 6.07 Å². The zero-order valence-corrected chi connectivity index (χ0v) is 16.4. The fourth-order valence-corrected chi connectivity index (χ4v) is 3.17. The molecule has 27 heavy (non-hydrogen) atoms. The lowest BCUT2D eigenvalue weighted by molar-refractivity contribution is -0.111. The quantitative estimate of drug-likeness (QED) is 0.735. The molecule has 1 N–H and O–H groups in total. The van der Waals surface area contributed by atoms with Crippen LogP contribution in [0.1, 0.15) is 5.56 Å². The molecular formula is C19H22N2O5S. The van der Waals surface area contributed by atoms with Crippen LogP contribution in [0.5, 0.6) is 11.5 Å². The number of carbonyl (C=O) groups excluding carboxylic acids is 1. The van der Waals surface area contributed by atoms with Crippen molar-refractivity contribution in [3.63, 3.8) is 0 Å². The Morgan fingerprint density at radius 1 is 1.04 bits per heavy atom. The van der Waals surface area contributed by atoms with Crippen LogP contribution >= 0.6 is 0 Å². The summed E-state index contributed by atoms with van der Waals surface area (Å²) in [6.45, 7) is 0. The number of nitrogens with zero attached hydrogens (tertiary/aromatic N) is 1. The normalized spacial score (nSPS) is 11.6. The maximum Gasteiger partial charge on any atom is 0.248 e. The third-order valence-corrected chi connectivity index (χ3v) is 5.49. The number of anilines is 1. The highest BCUT2D eigenvalue weighted by atomic mass is 32.2. The van der Waals surface area contributed by atoms with E-state index in [2.05, 4.69) is 5.32 Å². The van der Waals surface area contributed by atoms with Crippen LogP contribution in [-0.2, 0) is 14.8 Å². The van der Waals surface area contributed by atoms with Crippen molar-refractivity contribution in [3.05, 3.63) is 54.1 Å². The van der Waals surface area contributed by atoms with E-state index in [1.54, 1.807) is 50.6 Å². The molecule has 0 bridgehead atoms. The van der Waals surface area contributed by atoms with Crippen LogP contribution in [-0.4, -0.2) is 46.9 Å². The van der Waals surface area contributed by atoms with Crippen LogP contribution in [0.15, 0.2) is 53.4 Å². The van der Waals surface area contributed by atoms with Crippen LogP contribution in [0.3, 0.4) is 0 Å². The first kappa shape index (κ1) is 20.5. The zero-order valence-electron chi connectivity index (χ0n) is 15.6. The second-order valence-electron chi connectivity index (χ2n) is 5.78. The average molecular weight is 390 g/mol. The molecule has 2 aromatic carbocycles. The van der Waals surface area contributed by atoms with E-state index in [9.17, 15) is 13.2 Å². The van der Waals surface area contributed by atoms with Gasteiger partial charge in [0.15, 0.2) is 0 Å². The number of carbonyl (C=O) groups is 1. The molecule has 2 aromatic rings. The van der Waals surface area contributed by atoms with Gasteiger partial charge < -0.3 is 14.8 Å². The third-order valence-electron chi connectivity index (χ3n) is 3.68. The van der Waals surface area contributed by atoms with Crippen molar-refractivity contribution in [3.8, 4) is 11.5 Å². The number of sulfonamides is 1. The Hall–Kier alpha value is -2.84. The molecule has 8 heteroatoms. The summed E-state index contributed by atoms with van der Waals surface area (Å²) in [6.07, 6.45) is 2.96. The van der Waals surface area contributed by atoms with Crippen molar-refractivity contribution >= 4 is 27.7 Å². The number of nitrogens with one attached hydrogen (secondary N) is 1. The molecule has 0 heterocycles. The van der Waals surface area contributed by atoms with E-state index in [1.165, 1.54) is 32.3 Å². The monoisotopic (exact) mass is 390 g/mol. The lowest BCUT2D eigenvalue weighted by Crippen LogP contribution is -2.22. The van der Waals surface area contributed by atoms with Crippen molar-refractivity contribution in [1.82, 2.24) is 4.31 Å². The topological polar surface area (TPSA) is 84.9 Å². The molecule has 0 aliphatic rings. The molecule has 0 aliphatic heterocycles. The van der Waals surface area contributed by atoms with Crippen molar-refractivity contribution in [2.75, 3.05) is 33.6 Å². The molecular weight excluding hydrogens is 368 g/mol. The molecule has 144 valence electrons. The average Bonchev–Trinajstić information content (AvgIpc) is 2.66. The molecule has 0 atom stereocenters. The van der Waals surface area contributed by atoms with E-state index < -0.39 is 15.9 Å². The first-order valence-corrected chi connectivity index (χ1v) is 9.45. The minimum absolute atomic E-state index is 0.104. The van der Waals surface area contributed by atoms with Gasteiger partial charge in [0.2, 0.25) is 15.9 Å². The summed E-state index contributed by atoms with van der Waals surface area (Å²) < 4.78 is 35.8. The fourth-order valence-electron chi connectivity index (χ4n) is 2.23. The van der Waals surface area contributed by atoms with E-state index in [-0.39, 0.29) is 4.90 Å². The lowest BCUT2D eigenvalue weighted by Gasteiger charge is -2.12. The molecule has 0 aromatic heterocycles. The number of benzene rings is 2. The van der Waals surface area contributed by atoms with Crippen LogP contribution in [0.2, 0.25) is 0 Å². The van der Waals surface area contributed by atoms with Crippen LogP contribution in [0, 0.1) is 0 Å². The largest absolute Gasteiger partial charge is 0.497 e. The summed E-state index contributed by atoms with van der Waals surface area (Å²) in [5, 5.41) is 2.65. The lowest BCUT2D eigenvalue weighted by atomic mass is 10.2. The van der Waals surface area contributed by atoms with Gasteiger partial charge >= 0.3 is 0 Å². The molecule has 0 aliphatic carbocycles. The Balaban J connectivity index is 2.16. The molecule has 0 spiro atoms. The maximum absolute atomic E-state index is 12.2. The van der Waals surface area contributed by atoms with Gasteiger partial charge in [0.25, 0.3) is 0 Å². The predicted molar refractivity (Wildman–Crippen MR) is 105 cm³/mol. The molecule has 2 rings (SSSR count). The van der Waals surface area contributed by atoms with E-state index in [1.807, 2.05) is 0 Å². The molecule has 1 amide bonds. The Bertz CT molecular complexity index is 930. The van der Waals surface area contributed by atoms with Gasteiger partial charge in [0, 0.05) is 31.9 Å². The summed E-state index contributed by atoms with van der Waals surface area (Å²) >= 11 is 0. The Morgan fingerprint density at radius 2 is 1.67 bits per heavy atom. The Morgan fingerprint density at radius 3 is 2.22 bits per heavy atom. The predicted octanol–water partition coefficient (Wildman–Crippen LogP) is 2.61. The van der Waals surface area contributed by atoms with E-state index in [0.29, 0.717) is 17.2 Å². The zero-order chi connectivity index (χ0) is 20.0. The number of rotatable bonds is 7. The molecule has 0 saturated heterocycles.